The van der Waals surface area contributed by atoms with Crippen molar-refractivity contribution in [2.45, 2.75) is 24.9 Å². The van der Waals surface area contributed by atoms with Crippen LogP contribution in [0.5, 0.6) is 0 Å². The molecular weight excluding hydrogens is 465 g/mol. The number of hydrogen-bond donors (Lipinski definition) is 0. The van der Waals surface area contributed by atoms with Crippen molar-refractivity contribution < 1.29 is 4.79 Å². The summed E-state index contributed by atoms with van der Waals surface area (Å²) in [5.74, 6) is -0.972. The molecule has 0 amide bonds. The number of hydrogen-bond acceptors (Lipinski definition) is 4. The van der Waals surface area contributed by atoms with E-state index in [4.69, 9.17) is 23.2 Å². The lowest BCUT2D eigenvalue weighted by Crippen LogP contribution is -2.44. The zero-order valence-corrected chi connectivity index (χ0v) is 19.8. The number of anilines is 1. The monoisotopic (exact) mass is 483 g/mol. The summed E-state index contributed by atoms with van der Waals surface area (Å²) in [7, 11) is 0. The normalized spacial score (nSPS) is 21.8. The van der Waals surface area contributed by atoms with E-state index in [0.29, 0.717) is 21.2 Å². The number of carbonyl (C=O) groups is 1. The lowest BCUT2D eigenvalue weighted by Gasteiger charge is -2.35. The second-order valence-electron chi connectivity index (χ2n) is 8.68. The molecule has 2 aliphatic heterocycles. The Balaban J connectivity index is 1.80. The Morgan fingerprint density at radius 1 is 1.00 bits per heavy atom. The van der Waals surface area contributed by atoms with Gasteiger partial charge in [0, 0.05) is 27.2 Å². The van der Waals surface area contributed by atoms with Crippen LogP contribution in [-0.2, 0) is 0 Å². The van der Waals surface area contributed by atoms with Crippen molar-refractivity contribution in [3.05, 3.63) is 105 Å². The number of aryl methyl sites for hydroxylation is 1. The third kappa shape index (κ3) is 3.23. The van der Waals surface area contributed by atoms with Crippen molar-refractivity contribution in [2.75, 3.05) is 4.90 Å². The lowest BCUT2D eigenvalue weighted by molar-refractivity contribution is 0.0951. The molecule has 3 aromatic rings. The van der Waals surface area contributed by atoms with Gasteiger partial charge in [-0.05, 0) is 36.2 Å². The van der Waals surface area contributed by atoms with E-state index in [0.717, 1.165) is 16.8 Å². The molecule has 2 aliphatic rings. The minimum atomic E-state index is -1.55. The van der Waals surface area contributed by atoms with E-state index in [1.165, 1.54) is 0 Å². The van der Waals surface area contributed by atoms with Crippen LogP contribution in [-0.4, -0.2) is 17.9 Å². The minimum Gasteiger partial charge on any atom is -0.351 e. The minimum absolute atomic E-state index is 0.168. The molecule has 1 fully saturated rings. The molecule has 6 heteroatoms. The molecule has 0 radical (unpaired) electrons. The standard InChI is InChI=1S/C28H19Cl2N3O/c1-17-6-8-19(9-7-17)27(34)26-25(21-12-11-20(29)14-22(21)30)28(15-31,16-32)24-13-10-18-4-2-3-5-23(18)33(24)26/h2-14,24-26H,1H3/t24-,25+,26-/m1/s1. The molecular formula is C28H19Cl2N3O. The topological polar surface area (TPSA) is 67.9 Å². The van der Waals surface area contributed by atoms with Gasteiger partial charge in [0.15, 0.2) is 11.2 Å². The first-order chi connectivity index (χ1) is 16.4. The molecule has 0 aromatic heterocycles. The summed E-state index contributed by atoms with van der Waals surface area (Å²) in [5, 5.41) is 21.7. The van der Waals surface area contributed by atoms with Crippen molar-refractivity contribution in [1.82, 2.24) is 0 Å². The van der Waals surface area contributed by atoms with Gasteiger partial charge < -0.3 is 4.90 Å². The number of fused-ring (bicyclic) bond motifs is 3. The molecule has 34 heavy (non-hydrogen) atoms. The van der Waals surface area contributed by atoms with Crippen molar-refractivity contribution >= 4 is 40.7 Å². The third-order valence-corrected chi connectivity index (χ3v) is 7.38. The molecule has 4 nitrogen and oxygen atoms in total. The fourth-order valence-corrected chi connectivity index (χ4v) is 5.75. The number of benzene rings is 3. The number of nitrogens with zero attached hydrogens (tertiary/aromatic N) is 3. The molecule has 166 valence electrons. The largest absolute Gasteiger partial charge is 0.351 e. The van der Waals surface area contributed by atoms with Crippen LogP contribution in [0.3, 0.4) is 0 Å². The van der Waals surface area contributed by atoms with Gasteiger partial charge in [0.25, 0.3) is 0 Å². The van der Waals surface area contributed by atoms with E-state index < -0.39 is 23.4 Å². The molecule has 0 aliphatic carbocycles. The summed E-state index contributed by atoms with van der Waals surface area (Å²) in [6.07, 6.45) is 3.77. The number of halogens is 2. The first-order valence-corrected chi connectivity index (χ1v) is 11.6. The van der Waals surface area contributed by atoms with Gasteiger partial charge in [0.1, 0.15) is 6.04 Å². The Labute approximate surface area is 208 Å². The fourth-order valence-electron chi connectivity index (χ4n) is 5.22. The predicted molar refractivity (Wildman–Crippen MR) is 134 cm³/mol. The highest BCUT2D eigenvalue weighted by molar-refractivity contribution is 6.35. The van der Waals surface area contributed by atoms with Crippen LogP contribution in [0.4, 0.5) is 5.69 Å². The Morgan fingerprint density at radius 3 is 2.38 bits per heavy atom. The zero-order valence-electron chi connectivity index (χ0n) is 18.2. The van der Waals surface area contributed by atoms with Crippen molar-refractivity contribution in [2.24, 2.45) is 5.41 Å². The van der Waals surface area contributed by atoms with E-state index in [9.17, 15) is 15.3 Å². The summed E-state index contributed by atoms with van der Waals surface area (Å²) >= 11 is 12.8. The second kappa shape index (κ2) is 8.33. The maximum Gasteiger partial charge on any atom is 0.185 e. The average molecular weight is 484 g/mol. The van der Waals surface area contributed by atoms with E-state index in [1.54, 1.807) is 30.3 Å². The Bertz CT molecular complexity index is 1400. The van der Waals surface area contributed by atoms with Crippen LogP contribution in [0.25, 0.3) is 6.08 Å². The van der Waals surface area contributed by atoms with Gasteiger partial charge in [0.05, 0.1) is 18.2 Å². The summed E-state index contributed by atoms with van der Waals surface area (Å²) in [4.78, 5) is 16.1. The number of ketones is 1. The SMILES string of the molecule is Cc1ccc(C(=O)[C@H]2[C@H](c3ccc(Cl)cc3Cl)C(C#N)(C#N)[C@H]3C=Cc4ccccc4N23)cc1. The molecule has 5 rings (SSSR count). The van der Waals surface area contributed by atoms with E-state index >= 15 is 0 Å². The fraction of sp³-hybridized carbons (Fsp3) is 0.179. The number of carbonyl (C=O) groups excluding carboxylic acids is 1. The van der Waals surface area contributed by atoms with Gasteiger partial charge in [-0.1, -0.05) is 89.4 Å². The van der Waals surface area contributed by atoms with Crippen LogP contribution in [0.2, 0.25) is 10.0 Å². The molecule has 1 saturated heterocycles. The summed E-state index contributed by atoms with van der Waals surface area (Å²) in [5.41, 5.74) is 2.29. The van der Waals surface area contributed by atoms with E-state index in [1.807, 2.05) is 60.4 Å². The molecule has 2 heterocycles. The van der Waals surface area contributed by atoms with E-state index in [-0.39, 0.29) is 5.78 Å². The molecule has 0 spiro atoms. The number of para-hydroxylation sites is 1. The van der Waals surface area contributed by atoms with Crippen LogP contribution < -0.4 is 4.90 Å². The highest BCUT2D eigenvalue weighted by atomic mass is 35.5. The van der Waals surface area contributed by atoms with Crippen LogP contribution in [0.15, 0.2) is 72.8 Å². The van der Waals surface area contributed by atoms with Crippen molar-refractivity contribution in [1.29, 1.82) is 10.5 Å². The molecule has 3 atom stereocenters. The molecule has 0 saturated carbocycles. The van der Waals surface area contributed by atoms with Gasteiger partial charge in [-0.15, -0.1) is 0 Å². The first-order valence-electron chi connectivity index (χ1n) is 10.8. The highest BCUT2D eigenvalue weighted by Crippen LogP contribution is 2.56. The van der Waals surface area contributed by atoms with Gasteiger partial charge in [-0.25, -0.2) is 0 Å². The summed E-state index contributed by atoms with van der Waals surface area (Å²) in [6, 6.07) is 23.2. The van der Waals surface area contributed by atoms with Crippen LogP contribution >= 0.6 is 23.2 Å². The first kappa shape index (κ1) is 22.2. The number of rotatable bonds is 3. The second-order valence-corrected chi connectivity index (χ2v) is 9.52. The van der Waals surface area contributed by atoms with Gasteiger partial charge in [0.2, 0.25) is 0 Å². The Hall–Kier alpha value is -3.57. The van der Waals surface area contributed by atoms with Gasteiger partial charge in [-0.3, -0.25) is 4.79 Å². The lowest BCUT2D eigenvalue weighted by atomic mass is 9.69. The third-order valence-electron chi connectivity index (χ3n) is 6.82. The van der Waals surface area contributed by atoms with Gasteiger partial charge in [-0.2, -0.15) is 10.5 Å². The van der Waals surface area contributed by atoms with Crippen LogP contribution in [0.1, 0.15) is 33.0 Å². The number of Topliss-reactive ketones (excluding diaryl/α,β-unsaturated/α-hetero) is 1. The van der Waals surface area contributed by atoms with Gasteiger partial charge >= 0.3 is 0 Å². The maximum atomic E-state index is 14.2. The molecule has 0 unspecified atom stereocenters. The Kier molecular flexibility index (Phi) is 5.45. The smallest absolute Gasteiger partial charge is 0.185 e. The number of nitriles is 2. The van der Waals surface area contributed by atoms with E-state index in [2.05, 4.69) is 12.1 Å². The van der Waals surface area contributed by atoms with Crippen molar-refractivity contribution in [3.63, 3.8) is 0 Å². The predicted octanol–water partition coefficient (Wildman–Crippen LogP) is 6.59. The molecule has 0 bridgehead atoms. The highest BCUT2D eigenvalue weighted by Gasteiger charge is 2.63. The summed E-state index contributed by atoms with van der Waals surface area (Å²) in [6.45, 7) is 1.96. The summed E-state index contributed by atoms with van der Waals surface area (Å²) < 4.78 is 0. The quantitative estimate of drug-likeness (QED) is 0.394. The maximum absolute atomic E-state index is 14.2. The molecule has 0 N–H and O–H groups in total. The average Bonchev–Trinajstić information content (AvgIpc) is 3.15. The molecule has 3 aromatic carbocycles. The Morgan fingerprint density at radius 2 is 1.71 bits per heavy atom. The van der Waals surface area contributed by atoms with Crippen LogP contribution in [0, 0.1) is 35.0 Å². The van der Waals surface area contributed by atoms with Crippen molar-refractivity contribution in [3.8, 4) is 12.1 Å². The zero-order chi connectivity index (χ0) is 24.0.